The van der Waals surface area contributed by atoms with E-state index in [0.29, 0.717) is 0 Å². The maximum Gasteiger partial charge on any atom is 0.217 e. The van der Waals surface area contributed by atoms with Gasteiger partial charge in [0.15, 0.2) is 44.0 Å². The summed E-state index contributed by atoms with van der Waals surface area (Å²) in [5.41, 5.74) is 0. The Bertz CT molecular complexity index is 2460. The summed E-state index contributed by atoms with van der Waals surface area (Å²) in [6.07, 6.45) is -68.8. The number of carbonyl (C=O) groups is 3. The highest BCUT2D eigenvalue weighted by Crippen LogP contribution is 2.38. The van der Waals surface area contributed by atoms with E-state index in [9.17, 15) is 122 Å². The van der Waals surface area contributed by atoms with Crippen LogP contribution in [-0.4, -0.2) is 417 Å². The Labute approximate surface area is 545 Å². The molecule has 42 heteroatoms. The van der Waals surface area contributed by atoms with Crippen molar-refractivity contribution in [2.45, 2.75) is 267 Å². The minimum atomic E-state index is -2.37. The predicted molar refractivity (Wildman–Crippen MR) is 297 cm³/mol. The van der Waals surface area contributed by atoms with Gasteiger partial charge in [-0.05, 0) is 6.92 Å². The second kappa shape index (κ2) is 34.3. The summed E-state index contributed by atoms with van der Waals surface area (Å²) in [5.74, 6) is -2.39. The first kappa shape index (κ1) is 78.7. The van der Waals surface area contributed by atoms with E-state index >= 15 is 0 Å². The molecule has 0 aromatic rings. The molecular formula is C54H91N3O39. The number of hydrogen-bond acceptors (Lipinski definition) is 39. The van der Waals surface area contributed by atoms with Crippen molar-refractivity contribution in [2.75, 3.05) is 52.9 Å². The van der Waals surface area contributed by atoms with Gasteiger partial charge >= 0.3 is 0 Å². The third-order valence-electron chi connectivity index (χ3n) is 17.7. The number of amides is 3. The molecule has 0 radical (unpaired) electrons. The Hall–Kier alpha value is -3.03. The second-order valence-electron chi connectivity index (χ2n) is 24.5. The maximum atomic E-state index is 13.0. The van der Waals surface area contributed by atoms with Crippen LogP contribution in [0.4, 0.5) is 0 Å². The summed E-state index contributed by atoms with van der Waals surface area (Å²) >= 11 is 0. The fourth-order valence-corrected chi connectivity index (χ4v) is 12.4. The SMILES string of the molecule is CC(=O)N[C@H]1[C@H](O[C@H]2[C@H](O)[C@@H](NC(C)=O)CO[C@@H]2CO[C@H]2O[C@@H](C)[C@@H](O)[C@@H](O)[C@@H]2O)O[C@H](CO)[C@@H](O[C@@H]2O[C@H](CO[C@H]3O[C@H](CO)[C@@H](O)[C@H](O)[C@@H]3O[C@@H]3O[C@H](CO)[C@@H](O[C@@H]4O[C@H](CO)[C@H](O)[C@H](O)[C@H]4O)[C@H](O)[C@H]3NC(C)=O)[C@@H](O)[C@H](O[C@H]3O[C@H](CO)[C@@H](O)[C@H](O)[C@@H]3O)[C@@H]2O)[C@@H]1O. The van der Waals surface area contributed by atoms with Gasteiger partial charge in [0.2, 0.25) is 17.7 Å². The first-order valence-electron chi connectivity index (χ1n) is 30.8. The fourth-order valence-electron chi connectivity index (χ4n) is 12.4. The normalized spacial score (nSPS) is 49.5. The lowest BCUT2D eigenvalue weighted by atomic mass is 9.94. The molecule has 0 aromatic carbocycles. The quantitative estimate of drug-likeness (QED) is 0.0427. The molecule has 39 atom stereocenters. The van der Waals surface area contributed by atoms with Crippen LogP contribution in [0.3, 0.4) is 0 Å². The van der Waals surface area contributed by atoms with Gasteiger partial charge in [0, 0.05) is 20.8 Å². The molecule has 8 aliphatic heterocycles. The monoisotopic (exact) mass is 1410 g/mol. The van der Waals surface area contributed by atoms with E-state index in [4.69, 9.17) is 71.1 Å². The molecule has 0 aliphatic carbocycles. The highest BCUT2D eigenvalue weighted by Gasteiger charge is 2.59. The van der Waals surface area contributed by atoms with Gasteiger partial charge in [-0.3, -0.25) is 14.4 Å². The van der Waals surface area contributed by atoms with Crippen molar-refractivity contribution < 1.29 is 193 Å². The standard InChI is InChI=1S/C54H91N3O39/c1-13-27(66)35(74)39(78)50(85-13)83-12-24-45(28(67)17(10-82-24)55-14(2)63)92-48-25(56-15(3)64)33(72)44(22(9-62)89-48)94-53-42(81)46(95-52-41(80)37(76)30(69)19(6-59)87-52)32(71)23(91-53)11-84-54-47(38(77)31(70)20(7-60)88-54)96-49-26(57-16(4)65)34(73)43(21(8-61)90-49)93-51-40(79)36(75)29(68)18(5-58)86-51/h13,17-54,58-62,66-81H,5-12H2,1-4H3,(H,55,63)(H,56,64)(H,57,65)/t13-,17-,18+,19+,20+,21+,22+,23+,24+,25+,26+,27+,28+,29-,30+,31+,32+,33+,34+,35+,36-,37-,38-,39-,40+,41-,42-,43+,44+,45+,46-,47-,48-,49-,50-,51-,52+,53-,54-/m0/s1. The van der Waals surface area contributed by atoms with Gasteiger partial charge in [-0.15, -0.1) is 0 Å². The Morgan fingerprint density at radius 1 is 0.323 bits per heavy atom. The van der Waals surface area contributed by atoms with Gasteiger partial charge in [0.05, 0.1) is 65.0 Å². The summed E-state index contributed by atoms with van der Waals surface area (Å²) in [6.45, 7) is -2.69. The van der Waals surface area contributed by atoms with Crippen LogP contribution < -0.4 is 16.0 Å². The number of aliphatic hydroxyl groups is 21. The van der Waals surface area contributed by atoms with E-state index in [1.165, 1.54) is 6.92 Å². The van der Waals surface area contributed by atoms with Crippen molar-refractivity contribution in [3.05, 3.63) is 0 Å². The number of aliphatic hydroxyl groups excluding tert-OH is 21. The first-order chi connectivity index (χ1) is 45.4. The molecule has 0 aromatic heterocycles. The van der Waals surface area contributed by atoms with Gasteiger partial charge < -0.3 is 194 Å². The van der Waals surface area contributed by atoms with E-state index in [1.54, 1.807) is 0 Å². The lowest BCUT2D eigenvalue weighted by molar-refractivity contribution is -0.388. The molecule has 8 rings (SSSR count). The van der Waals surface area contributed by atoms with Crippen LogP contribution in [0.5, 0.6) is 0 Å². The lowest BCUT2D eigenvalue weighted by Gasteiger charge is -2.50. The fraction of sp³-hybridized carbons (Fsp3) is 0.944. The van der Waals surface area contributed by atoms with E-state index in [1.807, 2.05) is 0 Å². The summed E-state index contributed by atoms with van der Waals surface area (Å²) in [5, 5.41) is 237. The molecule has 8 heterocycles. The zero-order valence-corrected chi connectivity index (χ0v) is 51.9. The van der Waals surface area contributed by atoms with Crippen LogP contribution in [-0.2, 0) is 85.4 Å². The highest BCUT2D eigenvalue weighted by molar-refractivity contribution is 5.74. The van der Waals surface area contributed by atoms with Gasteiger partial charge in [-0.2, -0.15) is 0 Å². The summed E-state index contributed by atoms with van der Waals surface area (Å²) in [4.78, 5) is 37.9. The lowest BCUT2D eigenvalue weighted by Crippen LogP contribution is -2.70. The molecule has 8 aliphatic rings. The third-order valence-corrected chi connectivity index (χ3v) is 17.7. The molecule has 556 valence electrons. The molecule has 0 saturated carbocycles. The van der Waals surface area contributed by atoms with Crippen molar-refractivity contribution in [2.24, 2.45) is 0 Å². The Kier molecular flexibility index (Phi) is 28.1. The molecule has 0 spiro atoms. The summed E-state index contributed by atoms with van der Waals surface area (Å²) in [6, 6.07) is -4.86. The number of ether oxygens (including phenoxy) is 15. The van der Waals surface area contributed by atoms with Crippen LogP contribution in [0.2, 0.25) is 0 Å². The summed E-state index contributed by atoms with van der Waals surface area (Å²) in [7, 11) is 0. The van der Waals surface area contributed by atoms with E-state index < -0.39 is 303 Å². The Morgan fingerprint density at radius 3 is 1.15 bits per heavy atom. The van der Waals surface area contributed by atoms with E-state index in [-0.39, 0.29) is 6.61 Å². The molecule has 42 nitrogen and oxygen atoms in total. The second-order valence-corrected chi connectivity index (χ2v) is 24.5. The first-order valence-corrected chi connectivity index (χ1v) is 30.8. The number of rotatable bonds is 24. The van der Waals surface area contributed by atoms with Gasteiger partial charge in [-0.25, -0.2) is 0 Å². The van der Waals surface area contributed by atoms with Gasteiger partial charge in [0.1, 0.15) is 183 Å². The maximum absolute atomic E-state index is 13.0. The molecule has 0 bridgehead atoms. The minimum absolute atomic E-state index is 0.384. The van der Waals surface area contributed by atoms with Crippen LogP contribution >= 0.6 is 0 Å². The van der Waals surface area contributed by atoms with Crippen molar-refractivity contribution in [3.63, 3.8) is 0 Å². The molecule has 0 unspecified atom stereocenters. The molecular weight excluding hydrogens is 1310 g/mol. The largest absolute Gasteiger partial charge is 0.394 e. The third kappa shape index (κ3) is 17.4. The van der Waals surface area contributed by atoms with Crippen LogP contribution in [0.25, 0.3) is 0 Å². The number of carbonyl (C=O) groups excluding carboxylic acids is 3. The Morgan fingerprint density at radius 2 is 0.677 bits per heavy atom. The number of nitrogens with one attached hydrogen (secondary N) is 3. The predicted octanol–water partition coefficient (Wildman–Crippen LogP) is -16.3. The highest BCUT2D eigenvalue weighted by atomic mass is 16.8. The molecule has 8 saturated heterocycles. The average molecular weight is 1410 g/mol. The van der Waals surface area contributed by atoms with E-state index in [0.717, 1.165) is 20.8 Å². The molecule has 3 amide bonds. The zero-order chi connectivity index (χ0) is 70.6. The van der Waals surface area contributed by atoms with Crippen LogP contribution in [0.1, 0.15) is 27.7 Å². The topological polar surface area (TPSA) is 651 Å². The molecule has 8 fully saturated rings. The molecule has 24 N–H and O–H groups in total. The van der Waals surface area contributed by atoms with Crippen molar-refractivity contribution in [3.8, 4) is 0 Å². The van der Waals surface area contributed by atoms with Crippen molar-refractivity contribution in [1.29, 1.82) is 0 Å². The smallest absolute Gasteiger partial charge is 0.217 e. The molecule has 96 heavy (non-hydrogen) atoms. The van der Waals surface area contributed by atoms with Gasteiger partial charge in [-0.1, -0.05) is 0 Å². The minimum Gasteiger partial charge on any atom is -0.394 e. The zero-order valence-electron chi connectivity index (χ0n) is 51.9. The van der Waals surface area contributed by atoms with Gasteiger partial charge in [0.25, 0.3) is 0 Å². The number of hydrogen-bond donors (Lipinski definition) is 24. The van der Waals surface area contributed by atoms with E-state index in [2.05, 4.69) is 16.0 Å². The van der Waals surface area contributed by atoms with Crippen molar-refractivity contribution in [1.82, 2.24) is 16.0 Å². The van der Waals surface area contributed by atoms with Crippen LogP contribution in [0, 0.1) is 0 Å². The van der Waals surface area contributed by atoms with Crippen molar-refractivity contribution >= 4 is 17.7 Å². The Balaban J connectivity index is 1.06. The van der Waals surface area contributed by atoms with Crippen LogP contribution in [0.15, 0.2) is 0 Å². The summed E-state index contributed by atoms with van der Waals surface area (Å²) < 4.78 is 88.1. The average Bonchev–Trinajstić information content (AvgIpc) is 0.777.